The fraction of sp³-hybridized carbons (Fsp3) is 0.308. The number of halogens is 2. The number of hydrogen-bond acceptors (Lipinski definition) is 5. The van der Waals surface area contributed by atoms with Crippen molar-refractivity contribution in [3.8, 4) is 11.8 Å². The number of fused-ring (bicyclic) bond motifs is 1. The second-order valence-corrected chi connectivity index (χ2v) is 8.72. The number of nitrogens with two attached hydrogens (primary N) is 1. The van der Waals surface area contributed by atoms with Crippen LogP contribution >= 0.6 is 0 Å². The zero-order valence-corrected chi connectivity index (χ0v) is 20.2. The van der Waals surface area contributed by atoms with E-state index in [2.05, 4.69) is 33.7 Å². The second kappa shape index (κ2) is 9.77. The lowest BCUT2D eigenvalue weighted by Gasteiger charge is -2.19. The summed E-state index contributed by atoms with van der Waals surface area (Å²) >= 11 is 0. The van der Waals surface area contributed by atoms with Gasteiger partial charge in [-0.1, -0.05) is 18.6 Å². The van der Waals surface area contributed by atoms with Gasteiger partial charge in [-0.2, -0.15) is 0 Å². The van der Waals surface area contributed by atoms with Gasteiger partial charge in [-0.3, -0.25) is 9.59 Å². The number of carbonyl (C=O) groups excluding carboxylic acids is 2. The van der Waals surface area contributed by atoms with Crippen molar-refractivity contribution < 1.29 is 18.4 Å². The van der Waals surface area contributed by atoms with Crippen LogP contribution in [0, 0.1) is 23.5 Å². The van der Waals surface area contributed by atoms with Gasteiger partial charge < -0.3 is 20.5 Å². The van der Waals surface area contributed by atoms with Crippen molar-refractivity contribution in [2.75, 3.05) is 12.3 Å². The Hall–Kier alpha value is -4.26. The molecular weight excluding hydrogens is 466 g/mol. The molecule has 0 unspecified atom stereocenters. The Labute approximate surface area is 207 Å². The Kier molecular flexibility index (Phi) is 6.75. The molecule has 0 spiro atoms. The van der Waals surface area contributed by atoms with Crippen LogP contribution in [0.2, 0.25) is 0 Å². The fourth-order valence-corrected chi connectivity index (χ4v) is 4.79. The van der Waals surface area contributed by atoms with E-state index in [-0.39, 0.29) is 34.9 Å². The fourth-order valence-electron chi connectivity index (χ4n) is 4.79. The number of amides is 2. The number of likely N-dealkylation sites (tertiary alicyclic amines) is 1. The Morgan fingerprint density at radius 2 is 2.08 bits per heavy atom. The van der Waals surface area contributed by atoms with Crippen LogP contribution in [0.5, 0.6) is 0 Å². The molecule has 3 N–H and O–H groups in total. The summed E-state index contributed by atoms with van der Waals surface area (Å²) in [5.41, 5.74) is 7.28. The van der Waals surface area contributed by atoms with E-state index in [0.717, 1.165) is 12.1 Å². The SMILES string of the molecule is C=CC(=O)N1C[C@H](n2c(C#CC)c(C(=O)N[C@H](C)c3ccc(F)cc3F)c3c(N)ncnc32)C[C@@H]1C. The third-order valence-corrected chi connectivity index (χ3v) is 6.44. The number of aromatic nitrogens is 3. The van der Waals surface area contributed by atoms with E-state index in [1.165, 1.54) is 18.5 Å². The largest absolute Gasteiger partial charge is 0.383 e. The molecule has 3 aromatic rings. The van der Waals surface area contributed by atoms with Gasteiger partial charge in [0, 0.05) is 24.2 Å². The number of hydrogen-bond donors (Lipinski definition) is 2. The molecular formula is C26H26F2N6O2. The highest BCUT2D eigenvalue weighted by atomic mass is 19.1. The van der Waals surface area contributed by atoms with E-state index in [0.29, 0.717) is 29.7 Å². The quantitative estimate of drug-likeness (QED) is 0.419. The average molecular weight is 493 g/mol. The van der Waals surface area contributed by atoms with Gasteiger partial charge in [0.25, 0.3) is 5.91 Å². The van der Waals surface area contributed by atoms with Crippen LogP contribution in [0.15, 0.2) is 37.2 Å². The molecule has 3 heterocycles. The number of nitrogens with one attached hydrogen (secondary N) is 1. The molecule has 1 fully saturated rings. The van der Waals surface area contributed by atoms with E-state index < -0.39 is 23.6 Å². The zero-order valence-electron chi connectivity index (χ0n) is 20.2. The summed E-state index contributed by atoms with van der Waals surface area (Å²) in [6, 6.07) is 2.10. The van der Waals surface area contributed by atoms with Crippen molar-refractivity contribution in [3.05, 3.63) is 65.6 Å². The highest BCUT2D eigenvalue weighted by Crippen LogP contribution is 2.36. The standard InChI is InChI=1S/C26H26F2N6O2/c1-5-7-20-22(26(36)32-15(4)18-9-8-16(27)11-19(18)28)23-24(29)30-13-31-25(23)34(20)17-10-14(3)33(12-17)21(35)6-2/h6,8-9,11,13-15,17H,2,10,12H2,1,3-4H3,(H,32,36)(H2,29,30,31)/t14-,15+,17+/m0/s1. The summed E-state index contributed by atoms with van der Waals surface area (Å²) in [5.74, 6) is 3.71. The molecule has 0 radical (unpaired) electrons. The van der Waals surface area contributed by atoms with E-state index >= 15 is 0 Å². The third kappa shape index (κ3) is 4.28. The van der Waals surface area contributed by atoms with Crippen molar-refractivity contribution in [2.24, 2.45) is 0 Å². The second-order valence-electron chi connectivity index (χ2n) is 8.72. The Balaban J connectivity index is 1.83. The molecule has 3 atom stereocenters. The number of rotatable bonds is 5. The molecule has 0 saturated carbocycles. The summed E-state index contributed by atoms with van der Waals surface area (Å²) in [6.45, 7) is 9.12. The van der Waals surface area contributed by atoms with E-state index in [9.17, 15) is 18.4 Å². The summed E-state index contributed by atoms with van der Waals surface area (Å²) in [5, 5.41) is 3.09. The predicted molar refractivity (Wildman–Crippen MR) is 132 cm³/mol. The zero-order chi connectivity index (χ0) is 26.1. The first kappa shape index (κ1) is 24.9. The Bertz CT molecular complexity index is 1440. The molecule has 2 aromatic heterocycles. The lowest BCUT2D eigenvalue weighted by Crippen LogP contribution is -2.32. The normalized spacial score (nSPS) is 18.0. The number of nitrogens with zero attached hydrogens (tertiary/aromatic N) is 4. The maximum Gasteiger partial charge on any atom is 0.255 e. The molecule has 10 heteroatoms. The smallest absolute Gasteiger partial charge is 0.255 e. The molecule has 1 aliphatic heterocycles. The van der Waals surface area contributed by atoms with Gasteiger partial charge in [-0.15, -0.1) is 0 Å². The molecule has 1 aliphatic rings. The monoisotopic (exact) mass is 492 g/mol. The molecule has 8 nitrogen and oxygen atoms in total. The predicted octanol–water partition coefficient (Wildman–Crippen LogP) is 3.50. The molecule has 36 heavy (non-hydrogen) atoms. The van der Waals surface area contributed by atoms with E-state index in [4.69, 9.17) is 5.73 Å². The van der Waals surface area contributed by atoms with Gasteiger partial charge in [-0.05, 0) is 45.3 Å². The Morgan fingerprint density at radius 3 is 2.75 bits per heavy atom. The summed E-state index contributed by atoms with van der Waals surface area (Å²) in [6.07, 6.45) is 3.18. The van der Waals surface area contributed by atoms with Crippen LogP contribution in [0.4, 0.5) is 14.6 Å². The van der Waals surface area contributed by atoms with Gasteiger partial charge in [0.1, 0.15) is 35.1 Å². The van der Waals surface area contributed by atoms with E-state index in [1.807, 2.05) is 11.5 Å². The highest BCUT2D eigenvalue weighted by Gasteiger charge is 2.36. The van der Waals surface area contributed by atoms with Crippen molar-refractivity contribution in [1.29, 1.82) is 0 Å². The third-order valence-electron chi connectivity index (χ3n) is 6.44. The van der Waals surface area contributed by atoms with Crippen molar-refractivity contribution >= 4 is 28.7 Å². The van der Waals surface area contributed by atoms with Crippen molar-refractivity contribution in [1.82, 2.24) is 24.8 Å². The first-order valence-corrected chi connectivity index (χ1v) is 11.4. The van der Waals surface area contributed by atoms with Crippen LogP contribution in [0.1, 0.15) is 60.9 Å². The van der Waals surface area contributed by atoms with Gasteiger partial charge >= 0.3 is 0 Å². The van der Waals surface area contributed by atoms with Crippen LogP contribution in [-0.2, 0) is 4.79 Å². The minimum atomic E-state index is -0.781. The average Bonchev–Trinajstić information content (AvgIpc) is 3.37. The van der Waals surface area contributed by atoms with Crippen LogP contribution in [0.25, 0.3) is 11.0 Å². The van der Waals surface area contributed by atoms with E-state index in [1.54, 1.807) is 18.7 Å². The number of carbonyl (C=O) groups is 2. The summed E-state index contributed by atoms with van der Waals surface area (Å²) < 4.78 is 29.5. The molecule has 1 saturated heterocycles. The first-order chi connectivity index (χ1) is 17.2. The molecule has 1 aromatic carbocycles. The minimum Gasteiger partial charge on any atom is -0.383 e. The van der Waals surface area contributed by atoms with Crippen molar-refractivity contribution in [3.63, 3.8) is 0 Å². The number of anilines is 1. The maximum atomic E-state index is 14.4. The molecule has 2 amide bonds. The lowest BCUT2D eigenvalue weighted by molar-refractivity contribution is -0.126. The maximum absolute atomic E-state index is 14.4. The first-order valence-electron chi connectivity index (χ1n) is 11.4. The molecule has 0 bridgehead atoms. The van der Waals surface area contributed by atoms with Gasteiger partial charge in [0.15, 0.2) is 0 Å². The van der Waals surface area contributed by atoms with Gasteiger partial charge in [0.05, 0.1) is 23.0 Å². The molecule has 186 valence electrons. The lowest BCUT2D eigenvalue weighted by atomic mass is 10.1. The molecule has 0 aliphatic carbocycles. The number of benzene rings is 1. The van der Waals surface area contributed by atoms with Crippen LogP contribution < -0.4 is 11.1 Å². The van der Waals surface area contributed by atoms with Crippen molar-refractivity contribution in [2.45, 2.75) is 45.3 Å². The molecule has 4 rings (SSSR count). The van der Waals surface area contributed by atoms with Gasteiger partial charge in [-0.25, -0.2) is 18.7 Å². The summed E-state index contributed by atoms with van der Waals surface area (Å²) in [4.78, 5) is 36.1. The minimum absolute atomic E-state index is 0.0710. The van der Waals surface area contributed by atoms with Crippen LogP contribution in [0.3, 0.4) is 0 Å². The topological polar surface area (TPSA) is 106 Å². The van der Waals surface area contributed by atoms with Crippen LogP contribution in [-0.4, -0.2) is 43.8 Å². The summed E-state index contributed by atoms with van der Waals surface area (Å²) in [7, 11) is 0. The number of nitrogen functional groups attached to an aromatic ring is 1. The Morgan fingerprint density at radius 1 is 1.33 bits per heavy atom. The van der Waals surface area contributed by atoms with Gasteiger partial charge in [0.2, 0.25) is 5.91 Å². The highest BCUT2D eigenvalue weighted by molar-refractivity contribution is 6.12.